The van der Waals surface area contributed by atoms with Crippen molar-refractivity contribution < 1.29 is 8.78 Å². The van der Waals surface area contributed by atoms with E-state index in [1.54, 1.807) is 35.6 Å². The van der Waals surface area contributed by atoms with Crippen LogP contribution in [0.1, 0.15) is 28.9 Å². The standard InChI is InChI=1S/C20H18ClF2N5/c1-11-18-14(19(22)23)8-17(15-9-24-27(3)12(15)2)25-20(18)28(26-11)10-13-6-4-5-7-16(13)21/h4-9,19H,10H2,1-3H3. The highest BCUT2D eigenvalue weighted by molar-refractivity contribution is 6.31. The molecule has 0 unspecified atom stereocenters. The van der Waals surface area contributed by atoms with Gasteiger partial charge in [-0.25, -0.2) is 18.4 Å². The minimum absolute atomic E-state index is 0.0776. The third-order valence-corrected chi connectivity index (χ3v) is 5.30. The molecular formula is C20H18ClF2N5. The Bertz CT molecular complexity index is 1180. The number of alkyl halides is 2. The zero-order chi connectivity index (χ0) is 20.0. The molecule has 0 radical (unpaired) electrons. The van der Waals surface area contributed by atoms with Crippen LogP contribution in [0, 0.1) is 13.8 Å². The summed E-state index contributed by atoms with van der Waals surface area (Å²) in [6.45, 7) is 3.94. The second-order valence-corrected chi connectivity index (χ2v) is 7.10. The molecule has 4 rings (SSSR count). The fourth-order valence-corrected chi connectivity index (χ4v) is 3.54. The van der Waals surface area contributed by atoms with Gasteiger partial charge in [0.15, 0.2) is 5.65 Å². The normalized spacial score (nSPS) is 11.7. The first kappa shape index (κ1) is 18.6. The molecule has 5 nitrogen and oxygen atoms in total. The number of hydrogen-bond acceptors (Lipinski definition) is 3. The first-order chi connectivity index (χ1) is 13.4. The van der Waals surface area contributed by atoms with Crippen molar-refractivity contribution in [3.05, 3.63) is 64.1 Å². The molecule has 0 saturated heterocycles. The molecule has 144 valence electrons. The topological polar surface area (TPSA) is 48.5 Å². The number of fused-ring (bicyclic) bond motifs is 1. The third kappa shape index (κ3) is 3.05. The lowest BCUT2D eigenvalue weighted by Crippen LogP contribution is -2.04. The maximum atomic E-state index is 13.9. The minimum atomic E-state index is -2.64. The quantitative estimate of drug-likeness (QED) is 0.478. The lowest BCUT2D eigenvalue weighted by Gasteiger charge is -2.09. The van der Waals surface area contributed by atoms with Gasteiger partial charge in [-0.1, -0.05) is 29.8 Å². The molecule has 0 aliphatic heterocycles. The van der Waals surface area contributed by atoms with Crippen molar-refractivity contribution in [1.29, 1.82) is 0 Å². The maximum absolute atomic E-state index is 13.9. The van der Waals surface area contributed by atoms with Crippen LogP contribution in [0.5, 0.6) is 0 Å². The molecule has 0 bridgehead atoms. The van der Waals surface area contributed by atoms with Crippen molar-refractivity contribution in [3.8, 4) is 11.3 Å². The highest BCUT2D eigenvalue weighted by Gasteiger charge is 2.22. The molecule has 1 aromatic carbocycles. The van der Waals surface area contributed by atoms with Crippen molar-refractivity contribution >= 4 is 22.6 Å². The molecule has 0 aliphatic carbocycles. The summed E-state index contributed by atoms with van der Waals surface area (Å²) in [6.07, 6.45) is -1.00. The van der Waals surface area contributed by atoms with Gasteiger partial charge in [0.1, 0.15) is 0 Å². The Balaban J connectivity index is 1.95. The van der Waals surface area contributed by atoms with Crippen LogP contribution in [0.2, 0.25) is 5.02 Å². The SMILES string of the molecule is Cc1nn(Cc2ccccc2Cl)c2nc(-c3cnn(C)c3C)cc(C(F)F)c12. The van der Waals surface area contributed by atoms with Crippen LogP contribution in [-0.2, 0) is 13.6 Å². The van der Waals surface area contributed by atoms with Crippen LogP contribution in [-0.4, -0.2) is 24.5 Å². The number of benzene rings is 1. The Kier molecular flexibility index (Phi) is 4.63. The van der Waals surface area contributed by atoms with E-state index < -0.39 is 6.43 Å². The van der Waals surface area contributed by atoms with E-state index in [4.69, 9.17) is 11.6 Å². The molecule has 0 saturated carbocycles. The van der Waals surface area contributed by atoms with E-state index in [-0.39, 0.29) is 5.56 Å². The summed E-state index contributed by atoms with van der Waals surface area (Å²) in [6, 6.07) is 8.83. The number of nitrogens with zero attached hydrogens (tertiary/aromatic N) is 5. The molecule has 0 aliphatic rings. The Labute approximate surface area is 165 Å². The van der Waals surface area contributed by atoms with Gasteiger partial charge in [0, 0.05) is 28.9 Å². The molecule has 0 atom stereocenters. The summed E-state index contributed by atoms with van der Waals surface area (Å²) in [5.41, 5.74) is 3.71. The first-order valence-corrected chi connectivity index (χ1v) is 9.13. The summed E-state index contributed by atoms with van der Waals surface area (Å²) in [5.74, 6) is 0. The highest BCUT2D eigenvalue weighted by Crippen LogP contribution is 2.34. The van der Waals surface area contributed by atoms with Gasteiger partial charge in [-0.15, -0.1) is 0 Å². The summed E-state index contributed by atoms with van der Waals surface area (Å²) in [4.78, 5) is 4.68. The monoisotopic (exact) mass is 401 g/mol. The second-order valence-electron chi connectivity index (χ2n) is 6.70. The molecule has 3 aromatic heterocycles. The minimum Gasteiger partial charge on any atom is -0.272 e. The van der Waals surface area contributed by atoms with Crippen LogP contribution in [0.3, 0.4) is 0 Å². The molecule has 8 heteroatoms. The summed E-state index contributed by atoms with van der Waals surface area (Å²) in [7, 11) is 1.80. The fourth-order valence-electron chi connectivity index (χ4n) is 3.35. The van der Waals surface area contributed by atoms with Gasteiger partial charge in [-0.05, 0) is 31.5 Å². The molecule has 0 spiro atoms. The lowest BCUT2D eigenvalue weighted by atomic mass is 10.1. The fraction of sp³-hybridized carbons (Fsp3) is 0.250. The van der Waals surface area contributed by atoms with Crippen LogP contribution >= 0.6 is 11.6 Å². The van der Waals surface area contributed by atoms with E-state index in [0.29, 0.717) is 34.0 Å². The Hall–Kier alpha value is -2.80. The number of hydrogen-bond donors (Lipinski definition) is 0. The molecule has 0 fully saturated rings. The number of aromatic nitrogens is 5. The Morgan fingerprint density at radius 2 is 1.93 bits per heavy atom. The molecule has 0 N–H and O–H groups in total. The number of pyridine rings is 1. The van der Waals surface area contributed by atoms with Crippen LogP contribution < -0.4 is 0 Å². The van der Waals surface area contributed by atoms with E-state index in [2.05, 4.69) is 15.2 Å². The average molecular weight is 402 g/mol. The van der Waals surface area contributed by atoms with Gasteiger partial charge in [0.25, 0.3) is 6.43 Å². The Morgan fingerprint density at radius 3 is 2.57 bits per heavy atom. The van der Waals surface area contributed by atoms with Crippen LogP contribution in [0.25, 0.3) is 22.3 Å². The number of rotatable bonds is 4. The van der Waals surface area contributed by atoms with E-state index in [9.17, 15) is 8.78 Å². The van der Waals surface area contributed by atoms with Crippen molar-refractivity contribution in [2.75, 3.05) is 0 Å². The van der Waals surface area contributed by atoms with Gasteiger partial charge >= 0.3 is 0 Å². The molecule has 3 heterocycles. The first-order valence-electron chi connectivity index (χ1n) is 8.75. The van der Waals surface area contributed by atoms with Crippen molar-refractivity contribution in [2.24, 2.45) is 7.05 Å². The third-order valence-electron chi connectivity index (χ3n) is 4.93. The second kappa shape index (κ2) is 6.98. The molecule has 0 amide bonds. The number of aryl methyl sites for hydroxylation is 2. The summed E-state index contributed by atoms with van der Waals surface area (Å²) >= 11 is 6.27. The largest absolute Gasteiger partial charge is 0.272 e. The van der Waals surface area contributed by atoms with E-state index >= 15 is 0 Å². The predicted molar refractivity (Wildman–Crippen MR) is 105 cm³/mol. The van der Waals surface area contributed by atoms with E-state index in [0.717, 1.165) is 16.8 Å². The predicted octanol–water partition coefficient (Wildman–Crippen LogP) is 5.09. The van der Waals surface area contributed by atoms with Crippen LogP contribution in [0.4, 0.5) is 8.78 Å². The maximum Gasteiger partial charge on any atom is 0.264 e. The van der Waals surface area contributed by atoms with E-state index in [1.807, 2.05) is 25.1 Å². The molecular weight excluding hydrogens is 384 g/mol. The van der Waals surface area contributed by atoms with Crippen molar-refractivity contribution in [2.45, 2.75) is 26.8 Å². The van der Waals surface area contributed by atoms with Crippen molar-refractivity contribution in [1.82, 2.24) is 24.5 Å². The summed E-state index contributed by atoms with van der Waals surface area (Å²) < 4.78 is 31.1. The lowest BCUT2D eigenvalue weighted by molar-refractivity contribution is 0.153. The average Bonchev–Trinajstić information content (AvgIpc) is 3.16. The van der Waals surface area contributed by atoms with Gasteiger partial charge in [0.2, 0.25) is 0 Å². The van der Waals surface area contributed by atoms with Crippen LogP contribution in [0.15, 0.2) is 36.5 Å². The van der Waals surface area contributed by atoms with Gasteiger partial charge in [0.05, 0.1) is 29.5 Å². The summed E-state index contributed by atoms with van der Waals surface area (Å²) in [5, 5.41) is 9.65. The van der Waals surface area contributed by atoms with Gasteiger partial charge in [-0.2, -0.15) is 10.2 Å². The zero-order valence-electron chi connectivity index (χ0n) is 15.6. The van der Waals surface area contributed by atoms with E-state index in [1.165, 1.54) is 6.07 Å². The Morgan fingerprint density at radius 1 is 1.18 bits per heavy atom. The number of halogens is 3. The highest BCUT2D eigenvalue weighted by atomic mass is 35.5. The smallest absolute Gasteiger partial charge is 0.264 e. The van der Waals surface area contributed by atoms with Crippen molar-refractivity contribution in [3.63, 3.8) is 0 Å². The molecule has 28 heavy (non-hydrogen) atoms. The van der Waals surface area contributed by atoms with Gasteiger partial charge < -0.3 is 0 Å². The zero-order valence-corrected chi connectivity index (χ0v) is 16.4. The van der Waals surface area contributed by atoms with Gasteiger partial charge in [-0.3, -0.25) is 4.68 Å². The molecule has 4 aromatic rings.